The van der Waals surface area contributed by atoms with E-state index in [1.165, 1.54) is 5.56 Å². The summed E-state index contributed by atoms with van der Waals surface area (Å²) in [6, 6.07) is 13.7. The van der Waals surface area contributed by atoms with Gasteiger partial charge in [0.15, 0.2) is 17.5 Å². The van der Waals surface area contributed by atoms with Crippen LogP contribution < -0.4 is 25.4 Å². The van der Waals surface area contributed by atoms with Crippen molar-refractivity contribution in [2.75, 3.05) is 40.4 Å². The third-order valence-corrected chi connectivity index (χ3v) is 4.66. The van der Waals surface area contributed by atoms with E-state index >= 15 is 0 Å². The molecule has 0 fully saturated rings. The van der Waals surface area contributed by atoms with E-state index in [1.807, 2.05) is 50.2 Å². The molecule has 0 saturated carbocycles. The van der Waals surface area contributed by atoms with Gasteiger partial charge in [-0.2, -0.15) is 0 Å². The molecule has 168 valence electrons. The zero-order valence-electron chi connectivity index (χ0n) is 19.0. The minimum Gasteiger partial charge on any atom is -0.490 e. The highest BCUT2D eigenvalue weighted by atomic mass is 16.5. The van der Waals surface area contributed by atoms with Gasteiger partial charge in [0.2, 0.25) is 0 Å². The van der Waals surface area contributed by atoms with Crippen LogP contribution in [0.15, 0.2) is 47.5 Å². The number of benzene rings is 2. The Hall–Kier alpha value is -3.22. The third kappa shape index (κ3) is 7.85. The molecule has 0 spiro atoms. The van der Waals surface area contributed by atoms with Gasteiger partial charge in [-0.05, 0) is 62.1 Å². The minimum absolute atomic E-state index is 0.0749. The normalized spacial score (nSPS) is 11.0. The van der Waals surface area contributed by atoms with E-state index in [1.54, 1.807) is 14.1 Å². The Bertz CT molecular complexity index is 868. The van der Waals surface area contributed by atoms with Gasteiger partial charge < -0.3 is 25.4 Å². The zero-order valence-corrected chi connectivity index (χ0v) is 19.0. The molecule has 2 aromatic carbocycles. The predicted octanol–water partition coefficient (Wildman–Crippen LogP) is 2.79. The van der Waals surface area contributed by atoms with Crippen molar-refractivity contribution in [1.82, 2.24) is 16.0 Å². The molecule has 1 amide bonds. The summed E-state index contributed by atoms with van der Waals surface area (Å²) in [7, 11) is 3.39. The quantitative estimate of drug-likeness (QED) is 0.380. The van der Waals surface area contributed by atoms with Crippen molar-refractivity contribution >= 4 is 11.9 Å². The number of guanidine groups is 1. The van der Waals surface area contributed by atoms with E-state index in [0.717, 1.165) is 42.4 Å². The minimum atomic E-state index is -0.0749. The number of nitrogens with one attached hydrogen (secondary N) is 3. The molecular weight excluding hydrogens is 392 g/mol. The number of nitrogens with zero attached hydrogens (tertiary/aromatic N) is 1. The number of amides is 1. The summed E-state index contributed by atoms with van der Waals surface area (Å²) in [5, 5.41) is 9.30. The molecule has 0 atom stereocenters. The molecule has 0 bridgehead atoms. The summed E-state index contributed by atoms with van der Waals surface area (Å²) in [4.78, 5) is 16.0. The molecular formula is C24H34N4O3. The number of carbonyl (C=O) groups is 1. The molecule has 7 nitrogen and oxygen atoms in total. The van der Waals surface area contributed by atoms with Gasteiger partial charge in [-0.25, -0.2) is 0 Å². The summed E-state index contributed by atoms with van der Waals surface area (Å²) in [5.41, 5.74) is 2.94. The first kappa shape index (κ1) is 24.1. The second-order valence-corrected chi connectivity index (χ2v) is 6.85. The maximum Gasteiger partial charge on any atom is 0.251 e. The van der Waals surface area contributed by atoms with Gasteiger partial charge >= 0.3 is 0 Å². The Morgan fingerprint density at radius 3 is 2.16 bits per heavy atom. The molecule has 2 rings (SSSR count). The van der Waals surface area contributed by atoms with Crippen LogP contribution in [0.1, 0.15) is 35.3 Å². The lowest BCUT2D eigenvalue weighted by Crippen LogP contribution is -2.39. The van der Waals surface area contributed by atoms with Crippen LogP contribution in [0, 0.1) is 0 Å². The van der Waals surface area contributed by atoms with Crippen molar-refractivity contribution in [3.05, 3.63) is 59.2 Å². The first-order chi connectivity index (χ1) is 15.1. The van der Waals surface area contributed by atoms with E-state index < -0.39 is 0 Å². The Kier molecular flexibility index (Phi) is 10.2. The largest absolute Gasteiger partial charge is 0.490 e. The fraction of sp³-hybridized carbons (Fsp3) is 0.417. The van der Waals surface area contributed by atoms with Crippen LogP contribution in [-0.2, 0) is 12.8 Å². The summed E-state index contributed by atoms with van der Waals surface area (Å²) in [6.45, 7) is 6.60. The van der Waals surface area contributed by atoms with E-state index in [2.05, 4.69) is 27.0 Å². The van der Waals surface area contributed by atoms with Crippen LogP contribution in [0.4, 0.5) is 0 Å². The first-order valence-electron chi connectivity index (χ1n) is 10.7. The highest BCUT2D eigenvalue weighted by molar-refractivity contribution is 5.94. The lowest BCUT2D eigenvalue weighted by atomic mass is 10.1. The van der Waals surface area contributed by atoms with Crippen molar-refractivity contribution in [3.8, 4) is 11.5 Å². The molecule has 0 aliphatic carbocycles. The molecule has 31 heavy (non-hydrogen) atoms. The van der Waals surface area contributed by atoms with Gasteiger partial charge in [0.05, 0.1) is 13.2 Å². The summed E-state index contributed by atoms with van der Waals surface area (Å²) < 4.78 is 11.3. The summed E-state index contributed by atoms with van der Waals surface area (Å²) >= 11 is 0. The number of ether oxygens (including phenoxy) is 2. The lowest BCUT2D eigenvalue weighted by Gasteiger charge is -2.14. The van der Waals surface area contributed by atoms with Gasteiger partial charge in [0, 0.05) is 32.7 Å². The molecule has 7 heteroatoms. The van der Waals surface area contributed by atoms with E-state index in [0.29, 0.717) is 25.3 Å². The van der Waals surface area contributed by atoms with E-state index in [9.17, 15) is 4.79 Å². The van der Waals surface area contributed by atoms with Gasteiger partial charge in [0.1, 0.15) is 0 Å². The maximum atomic E-state index is 11.8. The fourth-order valence-corrected chi connectivity index (χ4v) is 3.13. The fourth-order valence-electron chi connectivity index (χ4n) is 3.13. The lowest BCUT2D eigenvalue weighted by molar-refractivity contribution is 0.0963. The topological polar surface area (TPSA) is 84.0 Å². The molecule has 3 N–H and O–H groups in total. The molecule has 0 radical (unpaired) electrons. The summed E-state index contributed by atoms with van der Waals surface area (Å²) in [5.74, 6) is 2.23. The molecule has 0 heterocycles. The zero-order chi connectivity index (χ0) is 22.5. The number of hydrogen-bond acceptors (Lipinski definition) is 4. The average Bonchev–Trinajstić information content (AvgIpc) is 2.79. The van der Waals surface area contributed by atoms with Crippen molar-refractivity contribution in [2.24, 2.45) is 4.99 Å². The Morgan fingerprint density at radius 1 is 0.903 bits per heavy atom. The third-order valence-electron chi connectivity index (χ3n) is 4.66. The second-order valence-electron chi connectivity index (χ2n) is 6.85. The number of hydrogen-bond donors (Lipinski definition) is 3. The molecule has 0 unspecified atom stereocenters. The standard InChI is InChI=1S/C24H34N4O3/c1-5-30-21-11-10-19(17-22(21)31-6-2)13-15-28-24(26-4)27-14-12-18-8-7-9-20(16-18)23(29)25-3/h7-11,16-17H,5-6,12-15H2,1-4H3,(H,25,29)(H2,26,27,28). The highest BCUT2D eigenvalue weighted by Gasteiger charge is 2.07. The van der Waals surface area contributed by atoms with Crippen molar-refractivity contribution in [2.45, 2.75) is 26.7 Å². The van der Waals surface area contributed by atoms with Crippen LogP contribution in [0.3, 0.4) is 0 Å². The maximum absolute atomic E-state index is 11.8. The Labute approximate surface area is 185 Å². The predicted molar refractivity (Wildman–Crippen MR) is 125 cm³/mol. The van der Waals surface area contributed by atoms with Gasteiger partial charge in [-0.1, -0.05) is 18.2 Å². The molecule has 0 aromatic heterocycles. The van der Waals surface area contributed by atoms with Crippen molar-refractivity contribution in [3.63, 3.8) is 0 Å². The number of aliphatic imine (C=N–C) groups is 1. The molecule has 0 aliphatic heterocycles. The number of carbonyl (C=O) groups excluding carboxylic acids is 1. The van der Waals surface area contributed by atoms with Crippen molar-refractivity contribution < 1.29 is 14.3 Å². The van der Waals surface area contributed by atoms with Crippen LogP contribution >= 0.6 is 0 Å². The molecule has 0 aliphatic rings. The van der Waals surface area contributed by atoms with E-state index in [-0.39, 0.29) is 5.91 Å². The smallest absolute Gasteiger partial charge is 0.251 e. The van der Waals surface area contributed by atoms with E-state index in [4.69, 9.17) is 9.47 Å². The number of rotatable bonds is 11. The molecule has 2 aromatic rings. The monoisotopic (exact) mass is 426 g/mol. The van der Waals surface area contributed by atoms with Gasteiger partial charge in [-0.3, -0.25) is 9.79 Å². The van der Waals surface area contributed by atoms with Crippen molar-refractivity contribution in [1.29, 1.82) is 0 Å². The Morgan fingerprint density at radius 2 is 1.55 bits per heavy atom. The first-order valence-corrected chi connectivity index (χ1v) is 10.7. The highest BCUT2D eigenvalue weighted by Crippen LogP contribution is 2.28. The van der Waals surface area contributed by atoms with Gasteiger partial charge in [-0.15, -0.1) is 0 Å². The molecule has 0 saturated heterocycles. The Balaban J connectivity index is 1.81. The van der Waals surface area contributed by atoms with Crippen LogP contribution in [-0.4, -0.2) is 52.3 Å². The van der Waals surface area contributed by atoms with Crippen LogP contribution in [0.2, 0.25) is 0 Å². The average molecular weight is 427 g/mol. The van der Waals surface area contributed by atoms with Crippen LogP contribution in [0.5, 0.6) is 11.5 Å². The van der Waals surface area contributed by atoms with Gasteiger partial charge in [0.25, 0.3) is 5.91 Å². The second kappa shape index (κ2) is 13.2. The SMILES string of the molecule is CCOc1ccc(CCNC(=NC)NCCc2cccc(C(=O)NC)c2)cc1OCC. The summed E-state index contributed by atoms with van der Waals surface area (Å²) in [6.07, 6.45) is 1.63. The van der Waals surface area contributed by atoms with Crippen LogP contribution in [0.25, 0.3) is 0 Å².